The minimum absolute atomic E-state index is 0.740. The van der Waals surface area contributed by atoms with Crippen LogP contribution in [0.5, 0.6) is 0 Å². The van der Waals surface area contributed by atoms with Gasteiger partial charge in [0.15, 0.2) is 0 Å². The van der Waals surface area contributed by atoms with Crippen LogP contribution in [0.15, 0.2) is 42.5 Å². The van der Waals surface area contributed by atoms with Gasteiger partial charge >= 0.3 is 0 Å². The van der Waals surface area contributed by atoms with Gasteiger partial charge in [0.05, 0.1) is 0 Å². The van der Waals surface area contributed by atoms with Crippen LogP contribution < -0.4 is 10.6 Å². The molecule has 18 heavy (non-hydrogen) atoms. The van der Waals surface area contributed by atoms with Gasteiger partial charge in [0.25, 0.3) is 0 Å². The summed E-state index contributed by atoms with van der Waals surface area (Å²) < 4.78 is 0. The van der Waals surface area contributed by atoms with E-state index >= 15 is 0 Å². The molecule has 1 aliphatic rings. The summed E-state index contributed by atoms with van der Waals surface area (Å²) in [4.78, 5) is 0. The van der Waals surface area contributed by atoms with Gasteiger partial charge < -0.3 is 10.6 Å². The lowest BCUT2D eigenvalue weighted by Crippen LogP contribution is -2.29. The molecule has 1 fully saturated rings. The zero-order valence-electron chi connectivity index (χ0n) is 11.3. The normalized spacial score (nSPS) is 23.2. The number of benzene rings is 1. The molecule has 0 bridgehead atoms. The van der Waals surface area contributed by atoms with Crippen molar-refractivity contribution < 1.29 is 0 Å². The molecule has 2 rings (SSSR count). The van der Waals surface area contributed by atoms with Crippen LogP contribution in [0.25, 0.3) is 0 Å². The molecule has 1 heterocycles. The standard InChI is InChI=1S/C16H24N2/c1-13(2)9-17-11-16-12-18-10-15(16)8-14-6-4-3-5-7-14/h3-7,15-18H,1,8-12H2,2H3/t15-,16+/m1/s1. The lowest BCUT2D eigenvalue weighted by Gasteiger charge is -2.19. The van der Waals surface area contributed by atoms with Crippen molar-refractivity contribution in [2.45, 2.75) is 13.3 Å². The highest BCUT2D eigenvalue weighted by molar-refractivity contribution is 5.16. The first-order valence-corrected chi connectivity index (χ1v) is 6.85. The van der Waals surface area contributed by atoms with Gasteiger partial charge in [0.2, 0.25) is 0 Å². The Morgan fingerprint density at radius 3 is 2.72 bits per heavy atom. The Morgan fingerprint density at radius 1 is 1.28 bits per heavy atom. The maximum atomic E-state index is 3.93. The van der Waals surface area contributed by atoms with E-state index in [0.29, 0.717) is 0 Å². The van der Waals surface area contributed by atoms with Crippen LogP contribution in [0, 0.1) is 11.8 Å². The van der Waals surface area contributed by atoms with Gasteiger partial charge in [-0.1, -0.05) is 42.5 Å². The Kier molecular flexibility index (Phi) is 4.97. The summed E-state index contributed by atoms with van der Waals surface area (Å²) in [6.07, 6.45) is 1.19. The van der Waals surface area contributed by atoms with Crippen LogP contribution in [-0.4, -0.2) is 26.2 Å². The molecule has 0 unspecified atom stereocenters. The third-order valence-electron chi connectivity index (χ3n) is 3.65. The molecule has 2 heteroatoms. The number of nitrogens with one attached hydrogen (secondary N) is 2. The molecular weight excluding hydrogens is 220 g/mol. The van der Waals surface area contributed by atoms with E-state index in [1.165, 1.54) is 17.6 Å². The molecule has 2 N–H and O–H groups in total. The predicted octanol–water partition coefficient (Wildman–Crippen LogP) is 2.23. The summed E-state index contributed by atoms with van der Waals surface area (Å²) >= 11 is 0. The molecule has 2 atom stereocenters. The molecule has 2 nitrogen and oxygen atoms in total. The summed E-state index contributed by atoms with van der Waals surface area (Å²) in [5, 5.41) is 7.02. The van der Waals surface area contributed by atoms with Crippen LogP contribution in [-0.2, 0) is 6.42 Å². The van der Waals surface area contributed by atoms with Crippen molar-refractivity contribution in [3.63, 3.8) is 0 Å². The van der Waals surface area contributed by atoms with E-state index in [-0.39, 0.29) is 0 Å². The Hall–Kier alpha value is -1.12. The van der Waals surface area contributed by atoms with Crippen molar-refractivity contribution in [2.24, 2.45) is 11.8 Å². The molecule has 1 aromatic carbocycles. The highest BCUT2D eigenvalue weighted by Crippen LogP contribution is 2.20. The Balaban J connectivity index is 1.82. The highest BCUT2D eigenvalue weighted by Gasteiger charge is 2.26. The molecule has 0 radical (unpaired) electrons. The lowest BCUT2D eigenvalue weighted by atomic mass is 9.89. The van der Waals surface area contributed by atoms with Gasteiger partial charge in [-0.2, -0.15) is 0 Å². The fourth-order valence-corrected chi connectivity index (χ4v) is 2.65. The summed E-state index contributed by atoms with van der Waals surface area (Å²) in [5.41, 5.74) is 2.66. The van der Waals surface area contributed by atoms with Crippen molar-refractivity contribution in [1.29, 1.82) is 0 Å². The number of rotatable bonds is 6. The van der Waals surface area contributed by atoms with Gasteiger partial charge in [-0.15, -0.1) is 0 Å². The number of hydrogen-bond donors (Lipinski definition) is 2. The summed E-state index contributed by atoms with van der Waals surface area (Å²) in [6, 6.07) is 10.8. The summed E-state index contributed by atoms with van der Waals surface area (Å²) in [6.45, 7) is 10.3. The lowest BCUT2D eigenvalue weighted by molar-refractivity contribution is 0.398. The first-order chi connectivity index (χ1) is 8.75. The minimum Gasteiger partial charge on any atom is -0.316 e. The molecule has 0 saturated carbocycles. The second-order valence-electron chi connectivity index (χ2n) is 5.46. The van der Waals surface area contributed by atoms with E-state index in [0.717, 1.165) is 38.0 Å². The van der Waals surface area contributed by atoms with E-state index in [1.807, 2.05) is 0 Å². The van der Waals surface area contributed by atoms with E-state index in [4.69, 9.17) is 0 Å². The molecular formula is C16H24N2. The van der Waals surface area contributed by atoms with Gasteiger partial charge in [0, 0.05) is 6.54 Å². The van der Waals surface area contributed by atoms with E-state index in [2.05, 4.69) is 54.5 Å². The maximum Gasteiger partial charge on any atom is 0.0159 e. The quantitative estimate of drug-likeness (QED) is 0.750. The molecule has 1 aromatic rings. The summed E-state index contributed by atoms with van der Waals surface area (Å²) in [7, 11) is 0. The van der Waals surface area contributed by atoms with Crippen molar-refractivity contribution >= 4 is 0 Å². The minimum atomic E-state index is 0.740. The second kappa shape index (κ2) is 6.72. The van der Waals surface area contributed by atoms with E-state index < -0.39 is 0 Å². The molecule has 1 saturated heterocycles. The van der Waals surface area contributed by atoms with E-state index in [9.17, 15) is 0 Å². The average Bonchev–Trinajstić information content (AvgIpc) is 2.78. The first-order valence-electron chi connectivity index (χ1n) is 6.85. The highest BCUT2D eigenvalue weighted by atomic mass is 14.9. The fraction of sp³-hybridized carbons (Fsp3) is 0.500. The topological polar surface area (TPSA) is 24.1 Å². The Labute approximate surface area is 110 Å². The number of hydrogen-bond acceptors (Lipinski definition) is 2. The third-order valence-corrected chi connectivity index (χ3v) is 3.65. The second-order valence-corrected chi connectivity index (χ2v) is 5.46. The maximum absolute atomic E-state index is 3.93. The molecule has 1 aliphatic heterocycles. The van der Waals surface area contributed by atoms with Crippen LogP contribution in [0.3, 0.4) is 0 Å². The van der Waals surface area contributed by atoms with Crippen molar-refractivity contribution in [3.05, 3.63) is 48.0 Å². The zero-order chi connectivity index (χ0) is 12.8. The van der Waals surface area contributed by atoms with Gasteiger partial charge in [-0.3, -0.25) is 0 Å². The Bertz CT molecular complexity index is 372. The van der Waals surface area contributed by atoms with Gasteiger partial charge in [-0.05, 0) is 50.4 Å². The first kappa shape index (κ1) is 13.3. The van der Waals surface area contributed by atoms with Gasteiger partial charge in [-0.25, -0.2) is 0 Å². The molecule has 0 amide bonds. The van der Waals surface area contributed by atoms with Crippen LogP contribution in [0.2, 0.25) is 0 Å². The SMILES string of the molecule is C=C(C)CNC[C@H]1CNC[C@H]1Cc1ccccc1. The Morgan fingerprint density at radius 2 is 2.00 bits per heavy atom. The van der Waals surface area contributed by atoms with Gasteiger partial charge in [0.1, 0.15) is 0 Å². The van der Waals surface area contributed by atoms with Crippen LogP contribution in [0.1, 0.15) is 12.5 Å². The van der Waals surface area contributed by atoms with Crippen LogP contribution in [0.4, 0.5) is 0 Å². The average molecular weight is 244 g/mol. The molecule has 98 valence electrons. The largest absolute Gasteiger partial charge is 0.316 e. The fourth-order valence-electron chi connectivity index (χ4n) is 2.65. The monoisotopic (exact) mass is 244 g/mol. The predicted molar refractivity (Wildman–Crippen MR) is 77.7 cm³/mol. The third kappa shape index (κ3) is 3.97. The molecule has 0 spiro atoms. The van der Waals surface area contributed by atoms with Crippen molar-refractivity contribution in [3.8, 4) is 0 Å². The van der Waals surface area contributed by atoms with Crippen molar-refractivity contribution in [1.82, 2.24) is 10.6 Å². The van der Waals surface area contributed by atoms with Crippen molar-refractivity contribution in [2.75, 3.05) is 26.2 Å². The summed E-state index contributed by atoms with van der Waals surface area (Å²) in [5.74, 6) is 1.49. The molecule has 0 aliphatic carbocycles. The van der Waals surface area contributed by atoms with Crippen LogP contribution >= 0.6 is 0 Å². The smallest absolute Gasteiger partial charge is 0.0159 e. The van der Waals surface area contributed by atoms with E-state index in [1.54, 1.807) is 0 Å². The zero-order valence-corrected chi connectivity index (χ0v) is 11.3. The molecule has 0 aromatic heterocycles.